The maximum atomic E-state index is 11.4. The highest BCUT2D eigenvalue weighted by molar-refractivity contribution is 5.95. The number of rotatable bonds is 5. The van der Waals surface area contributed by atoms with Gasteiger partial charge in [-0.25, -0.2) is 14.8 Å². The van der Waals surface area contributed by atoms with Crippen LogP contribution in [0.4, 0.5) is 0 Å². The quantitative estimate of drug-likeness (QED) is 0.728. The maximum Gasteiger partial charge on any atom is 0.336 e. The SMILES string of the molecule is Cc1nccc(C2CCN(Cc3ccc(-c4ccccc4C(=O)O)cc3)C2)n1. The zero-order chi connectivity index (χ0) is 19.5. The van der Waals surface area contributed by atoms with Crippen molar-refractivity contribution in [1.82, 2.24) is 14.9 Å². The number of hydrogen-bond acceptors (Lipinski definition) is 4. The first-order valence-electron chi connectivity index (χ1n) is 9.53. The summed E-state index contributed by atoms with van der Waals surface area (Å²) in [5, 5.41) is 9.39. The van der Waals surface area contributed by atoms with Crippen LogP contribution in [0.5, 0.6) is 0 Å². The first-order chi connectivity index (χ1) is 13.6. The summed E-state index contributed by atoms with van der Waals surface area (Å²) in [6.07, 6.45) is 2.95. The van der Waals surface area contributed by atoms with E-state index in [1.54, 1.807) is 12.1 Å². The molecule has 0 saturated carbocycles. The number of carboxylic acid groups (broad SMARTS) is 1. The summed E-state index contributed by atoms with van der Waals surface area (Å²) in [6, 6.07) is 17.4. The van der Waals surface area contributed by atoms with Crippen LogP contribution in [0.15, 0.2) is 60.8 Å². The van der Waals surface area contributed by atoms with Gasteiger partial charge in [0.25, 0.3) is 0 Å². The Kier molecular flexibility index (Phi) is 5.17. The van der Waals surface area contributed by atoms with Gasteiger partial charge in [-0.05, 0) is 48.7 Å². The van der Waals surface area contributed by atoms with E-state index in [1.165, 1.54) is 5.56 Å². The van der Waals surface area contributed by atoms with Crippen molar-refractivity contribution >= 4 is 5.97 Å². The van der Waals surface area contributed by atoms with Crippen molar-refractivity contribution < 1.29 is 9.90 Å². The van der Waals surface area contributed by atoms with E-state index < -0.39 is 5.97 Å². The van der Waals surface area contributed by atoms with Gasteiger partial charge in [-0.2, -0.15) is 0 Å². The molecular weight excluding hydrogens is 350 g/mol. The number of aromatic nitrogens is 2. The topological polar surface area (TPSA) is 66.3 Å². The standard InChI is InChI=1S/C23H23N3O2/c1-16-24-12-10-22(25-16)19-11-13-26(15-19)14-17-6-8-18(9-7-17)20-4-2-3-5-21(20)23(27)28/h2-10,12,19H,11,13-15H2,1H3,(H,27,28). The minimum Gasteiger partial charge on any atom is -0.478 e. The van der Waals surface area contributed by atoms with Gasteiger partial charge in [0.15, 0.2) is 0 Å². The van der Waals surface area contributed by atoms with Crippen LogP contribution < -0.4 is 0 Å². The fourth-order valence-corrected chi connectivity index (χ4v) is 3.89. The van der Waals surface area contributed by atoms with E-state index in [0.29, 0.717) is 11.5 Å². The fraction of sp³-hybridized carbons (Fsp3) is 0.261. The molecule has 1 aliphatic rings. The summed E-state index contributed by atoms with van der Waals surface area (Å²) in [5.74, 6) is 0.388. The van der Waals surface area contributed by atoms with Gasteiger partial charge < -0.3 is 5.11 Å². The highest BCUT2D eigenvalue weighted by Crippen LogP contribution is 2.28. The van der Waals surface area contributed by atoms with E-state index in [4.69, 9.17) is 0 Å². The van der Waals surface area contributed by atoms with Crippen LogP contribution in [0.2, 0.25) is 0 Å². The lowest BCUT2D eigenvalue weighted by Crippen LogP contribution is -2.20. The molecule has 5 nitrogen and oxygen atoms in total. The number of aromatic carboxylic acids is 1. The molecule has 2 heterocycles. The lowest BCUT2D eigenvalue weighted by atomic mass is 9.98. The Morgan fingerprint density at radius 3 is 2.68 bits per heavy atom. The minimum absolute atomic E-state index is 0.331. The molecule has 0 radical (unpaired) electrons. The summed E-state index contributed by atoms with van der Waals surface area (Å²) in [7, 11) is 0. The Morgan fingerprint density at radius 1 is 1.14 bits per heavy atom. The van der Waals surface area contributed by atoms with Crippen molar-refractivity contribution in [3.8, 4) is 11.1 Å². The second-order valence-corrected chi connectivity index (χ2v) is 7.30. The molecule has 1 atom stereocenters. The van der Waals surface area contributed by atoms with Crippen LogP contribution in [0.1, 0.15) is 39.8 Å². The molecule has 5 heteroatoms. The number of hydrogen-bond donors (Lipinski definition) is 1. The zero-order valence-electron chi connectivity index (χ0n) is 15.9. The Labute approximate surface area is 164 Å². The molecule has 1 N–H and O–H groups in total. The van der Waals surface area contributed by atoms with Crippen molar-refractivity contribution in [3.05, 3.63) is 83.4 Å². The van der Waals surface area contributed by atoms with Gasteiger partial charge in [0.2, 0.25) is 0 Å². The van der Waals surface area contributed by atoms with Crippen LogP contribution in [0.3, 0.4) is 0 Å². The second kappa shape index (κ2) is 7.90. The Bertz CT molecular complexity index is 985. The average Bonchev–Trinajstić information content (AvgIpc) is 3.17. The van der Waals surface area contributed by atoms with Crippen molar-refractivity contribution in [2.24, 2.45) is 0 Å². The van der Waals surface area contributed by atoms with Crippen LogP contribution in [0, 0.1) is 6.92 Å². The smallest absolute Gasteiger partial charge is 0.336 e. The van der Waals surface area contributed by atoms with Gasteiger partial charge in [-0.1, -0.05) is 42.5 Å². The predicted molar refractivity (Wildman–Crippen MR) is 108 cm³/mol. The second-order valence-electron chi connectivity index (χ2n) is 7.30. The normalized spacial score (nSPS) is 17.0. The highest BCUT2D eigenvalue weighted by atomic mass is 16.4. The molecule has 1 unspecified atom stereocenters. The summed E-state index contributed by atoms with van der Waals surface area (Å²) < 4.78 is 0. The number of carboxylic acids is 1. The number of benzene rings is 2. The molecular formula is C23H23N3O2. The molecule has 1 aromatic heterocycles. The number of nitrogens with zero attached hydrogens (tertiary/aromatic N) is 3. The van der Waals surface area contributed by atoms with Crippen molar-refractivity contribution in [2.75, 3.05) is 13.1 Å². The van der Waals surface area contributed by atoms with E-state index in [9.17, 15) is 9.90 Å². The van der Waals surface area contributed by atoms with E-state index in [-0.39, 0.29) is 0 Å². The molecule has 4 rings (SSSR count). The lowest BCUT2D eigenvalue weighted by molar-refractivity contribution is 0.0697. The highest BCUT2D eigenvalue weighted by Gasteiger charge is 2.25. The summed E-state index contributed by atoms with van der Waals surface area (Å²) in [5.41, 5.74) is 4.38. The van der Waals surface area contributed by atoms with Crippen LogP contribution in [-0.4, -0.2) is 39.0 Å². The van der Waals surface area contributed by atoms with Gasteiger partial charge in [0, 0.05) is 30.9 Å². The molecule has 142 valence electrons. The molecule has 3 aromatic rings. The van der Waals surface area contributed by atoms with Crippen LogP contribution >= 0.6 is 0 Å². The number of carbonyl (C=O) groups is 1. The Morgan fingerprint density at radius 2 is 1.93 bits per heavy atom. The van der Waals surface area contributed by atoms with E-state index in [0.717, 1.165) is 48.7 Å². The predicted octanol–water partition coefficient (Wildman–Crippen LogP) is 4.14. The maximum absolute atomic E-state index is 11.4. The van der Waals surface area contributed by atoms with Gasteiger partial charge in [0.05, 0.1) is 5.56 Å². The molecule has 0 spiro atoms. The molecule has 0 aliphatic carbocycles. The minimum atomic E-state index is -0.900. The Hall–Kier alpha value is -3.05. The van der Waals surface area contributed by atoms with Crippen molar-refractivity contribution in [3.63, 3.8) is 0 Å². The molecule has 2 aromatic carbocycles. The monoisotopic (exact) mass is 373 g/mol. The van der Waals surface area contributed by atoms with E-state index in [2.05, 4.69) is 27.0 Å². The summed E-state index contributed by atoms with van der Waals surface area (Å²) in [4.78, 5) is 22.7. The molecule has 28 heavy (non-hydrogen) atoms. The molecule has 0 amide bonds. The van der Waals surface area contributed by atoms with E-state index in [1.807, 2.05) is 43.5 Å². The largest absolute Gasteiger partial charge is 0.478 e. The Balaban J connectivity index is 1.44. The van der Waals surface area contributed by atoms with Gasteiger partial charge in [-0.3, -0.25) is 4.90 Å². The van der Waals surface area contributed by atoms with Crippen LogP contribution in [-0.2, 0) is 6.54 Å². The summed E-state index contributed by atoms with van der Waals surface area (Å²) >= 11 is 0. The van der Waals surface area contributed by atoms with Crippen molar-refractivity contribution in [1.29, 1.82) is 0 Å². The molecule has 1 aliphatic heterocycles. The zero-order valence-corrected chi connectivity index (χ0v) is 15.9. The molecule has 1 saturated heterocycles. The molecule has 1 fully saturated rings. The van der Waals surface area contributed by atoms with E-state index >= 15 is 0 Å². The average molecular weight is 373 g/mol. The molecule has 0 bridgehead atoms. The van der Waals surface area contributed by atoms with Gasteiger partial charge in [-0.15, -0.1) is 0 Å². The van der Waals surface area contributed by atoms with Crippen molar-refractivity contribution in [2.45, 2.75) is 25.8 Å². The third-order valence-electron chi connectivity index (χ3n) is 5.32. The first kappa shape index (κ1) is 18.3. The van der Waals surface area contributed by atoms with Gasteiger partial charge >= 0.3 is 5.97 Å². The summed E-state index contributed by atoms with van der Waals surface area (Å²) in [6.45, 7) is 4.87. The lowest BCUT2D eigenvalue weighted by Gasteiger charge is -2.16. The number of aryl methyl sites for hydroxylation is 1. The third-order valence-corrected chi connectivity index (χ3v) is 5.32. The fourth-order valence-electron chi connectivity index (χ4n) is 3.89. The van der Waals surface area contributed by atoms with Crippen LogP contribution in [0.25, 0.3) is 11.1 Å². The number of likely N-dealkylation sites (tertiary alicyclic amines) is 1. The van der Waals surface area contributed by atoms with Gasteiger partial charge in [0.1, 0.15) is 5.82 Å². The first-order valence-corrected chi connectivity index (χ1v) is 9.53. The third kappa shape index (κ3) is 3.94.